The second-order valence-corrected chi connectivity index (χ2v) is 8.37. The smallest absolute Gasteiger partial charge is 0.387 e. The highest BCUT2D eigenvalue weighted by molar-refractivity contribution is 7.89. The second-order valence-electron chi connectivity index (χ2n) is 6.66. The molecule has 3 rings (SSSR count). The predicted octanol–water partition coefficient (Wildman–Crippen LogP) is 3.28. The number of fused-ring (bicyclic) bond motifs is 1. The van der Waals surface area contributed by atoms with Crippen molar-refractivity contribution in [3.8, 4) is 23.3 Å². The Morgan fingerprint density at radius 3 is 2.47 bits per heavy atom. The monoisotopic (exact) mass is 435 g/mol. The van der Waals surface area contributed by atoms with E-state index in [1.807, 2.05) is 6.92 Å². The van der Waals surface area contributed by atoms with Crippen LogP contribution < -0.4 is 9.46 Å². The molecule has 2 heterocycles. The van der Waals surface area contributed by atoms with Crippen molar-refractivity contribution < 1.29 is 21.9 Å². The summed E-state index contributed by atoms with van der Waals surface area (Å²) in [7, 11) is -3.77. The maximum Gasteiger partial charge on any atom is 0.387 e. The van der Waals surface area contributed by atoms with E-state index in [4.69, 9.17) is 0 Å². The average molecular weight is 435 g/mol. The van der Waals surface area contributed by atoms with E-state index < -0.39 is 16.6 Å². The van der Waals surface area contributed by atoms with Crippen LogP contribution in [0.5, 0.6) is 5.75 Å². The highest BCUT2D eigenvalue weighted by Crippen LogP contribution is 2.34. The number of hydrogen-bond acceptors (Lipinski definition) is 6. The van der Waals surface area contributed by atoms with Crippen LogP contribution in [0.25, 0.3) is 22.4 Å². The van der Waals surface area contributed by atoms with Gasteiger partial charge in [0.2, 0.25) is 10.0 Å². The minimum absolute atomic E-state index is 0.0732. The van der Waals surface area contributed by atoms with Crippen molar-refractivity contribution in [2.75, 3.05) is 0 Å². The largest absolute Gasteiger partial charge is 0.435 e. The molecule has 0 saturated heterocycles. The van der Waals surface area contributed by atoms with Gasteiger partial charge in [-0.15, -0.1) is 0 Å². The Bertz CT molecular complexity index is 1220. The van der Waals surface area contributed by atoms with Crippen molar-refractivity contribution in [3.63, 3.8) is 0 Å². The van der Waals surface area contributed by atoms with E-state index in [1.54, 1.807) is 24.5 Å². The van der Waals surface area contributed by atoms with Crippen molar-refractivity contribution in [1.82, 2.24) is 19.3 Å². The summed E-state index contributed by atoms with van der Waals surface area (Å²) in [5.74, 6) is 0.0698. The van der Waals surface area contributed by atoms with Gasteiger partial charge in [0.05, 0.1) is 23.5 Å². The van der Waals surface area contributed by atoms with Gasteiger partial charge in [-0.2, -0.15) is 14.0 Å². The first-order valence-electron chi connectivity index (χ1n) is 9.03. The Morgan fingerprint density at radius 2 is 1.93 bits per heavy atom. The third kappa shape index (κ3) is 4.10. The first-order valence-corrected chi connectivity index (χ1v) is 10.5. The Labute approximate surface area is 172 Å². The van der Waals surface area contributed by atoms with Gasteiger partial charge in [-0.25, -0.2) is 23.1 Å². The van der Waals surface area contributed by atoms with Crippen LogP contribution in [0.3, 0.4) is 0 Å². The molecule has 0 saturated carbocycles. The van der Waals surface area contributed by atoms with Gasteiger partial charge < -0.3 is 9.30 Å². The normalized spacial score (nSPS) is 11.9. The van der Waals surface area contributed by atoms with Gasteiger partial charge in [-0.05, 0) is 39.0 Å². The summed E-state index contributed by atoms with van der Waals surface area (Å²) in [6, 6.07) is 6.10. The predicted molar refractivity (Wildman–Crippen MR) is 105 cm³/mol. The average Bonchev–Trinajstić information content (AvgIpc) is 2.99. The van der Waals surface area contributed by atoms with E-state index in [2.05, 4.69) is 25.5 Å². The summed E-state index contributed by atoms with van der Waals surface area (Å²) in [5, 5.41) is 10.1. The van der Waals surface area contributed by atoms with Gasteiger partial charge in [-0.3, -0.25) is 0 Å². The van der Waals surface area contributed by atoms with Crippen LogP contribution >= 0.6 is 0 Å². The molecule has 0 bridgehead atoms. The zero-order chi connectivity index (χ0) is 22.1. The second kappa shape index (κ2) is 8.33. The van der Waals surface area contributed by atoms with Crippen LogP contribution in [0.15, 0.2) is 35.5 Å². The lowest BCUT2D eigenvalue weighted by atomic mass is 10.1. The molecule has 0 fully saturated rings. The van der Waals surface area contributed by atoms with Crippen molar-refractivity contribution in [3.05, 3.63) is 36.2 Å². The van der Waals surface area contributed by atoms with Crippen LogP contribution in [-0.4, -0.2) is 35.6 Å². The molecule has 158 valence electrons. The molecule has 0 amide bonds. The zero-order valence-electron chi connectivity index (χ0n) is 16.4. The van der Waals surface area contributed by atoms with E-state index in [-0.39, 0.29) is 28.1 Å². The van der Waals surface area contributed by atoms with Gasteiger partial charge in [0.15, 0.2) is 5.82 Å². The molecule has 0 spiro atoms. The lowest BCUT2D eigenvalue weighted by molar-refractivity contribution is -0.0497. The van der Waals surface area contributed by atoms with Crippen LogP contribution in [0, 0.1) is 11.3 Å². The summed E-state index contributed by atoms with van der Waals surface area (Å²) >= 11 is 0. The lowest BCUT2D eigenvalue weighted by Crippen LogP contribution is -2.30. The molecule has 8 nitrogen and oxygen atoms in total. The molecule has 1 aromatic carbocycles. The molecule has 1 N–H and O–H groups in total. The number of halogens is 2. The van der Waals surface area contributed by atoms with E-state index in [0.717, 1.165) is 12.4 Å². The number of hydrogen-bond donors (Lipinski definition) is 1. The topological polar surface area (TPSA) is 110 Å². The van der Waals surface area contributed by atoms with Gasteiger partial charge in [0, 0.05) is 18.0 Å². The third-order valence-electron chi connectivity index (χ3n) is 4.23. The summed E-state index contributed by atoms with van der Waals surface area (Å²) in [6.07, 6.45) is 2.33. The zero-order valence-corrected chi connectivity index (χ0v) is 17.2. The maximum absolute atomic E-state index is 12.6. The molecule has 0 radical (unpaired) electrons. The van der Waals surface area contributed by atoms with Crippen molar-refractivity contribution in [2.45, 2.75) is 44.9 Å². The van der Waals surface area contributed by atoms with Crippen LogP contribution in [0.4, 0.5) is 8.78 Å². The highest BCUT2D eigenvalue weighted by atomic mass is 32.2. The number of nitrogens with zero attached hydrogens (tertiary/aromatic N) is 4. The van der Waals surface area contributed by atoms with E-state index in [9.17, 15) is 22.5 Å². The summed E-state index contributed by atoms with van der Waals surface area (Å²) in [4.78, 5) is 8.20. The molecule has 2 aromatic heterocycles. The molecule has 0 aliphatic carbocycles. The van der Waals surface area contributed by atoms with Crippen molar-refractivity contribution >= 4 is 20.9 Å². The lowest BCUT2D eigenvalue weighted by Gasteiger charge is -2.10. The van der Waals surface area contributed by atoms with E-state index in [1.165, 1.54) is 12.1 Å². The third-order valence-corrected chi connectivity index (χ3v) is 5.84. The molecular formula is C19H19F2N5O3S. The number of aromatic nitrogens is 3. The van der Waals surface area contributed by atoms with Crippen LogP contribution in [-0.2, 0) is 16.6 Å². The van der Waals surface area contributed by atoms with Gasteiger partial charge in [-0.1, -0.05) is 0 Å². The fourth-order valence-corrected chi connectivity index (χ4v) is 4.28. The number of rotatable bonds is 7. The summed E-state index contributed by atoms with van der Waals surface area (Å²) in [6.45, 7) is 2.69. The van der Waals surface area contributed by atoms with Crippen LogP contribution in [0.2, 0.25) is 0 Å². The fourth-order valence-electron chi connectivity index (χ4n) is 3.14. The summed E-state index contributed by atoms with van der Waals surface area (Å²) in [5.41, 5.74) is 1.17. The molecular weight excluding hydrogens is 416 g/mol. The van der Waals surface area contributed by atoms with Gasteiger partial charge in [0.1, 0.15) is 22.4 Å². The maximum atomic E-state index is 12.6. The van der Waals surface area contributed by atoms with E-state index in [0.29, 0.717) is 23.1 Å². The number of benzene rings is 1. The number of nitriles is 1. The molecule has 0 unspecified atom stereocenters. The number of nitrogens with one attached hydrogen (secondary N) is 1. The van der Waals surface area contributed by atoms with Gasteiger partial charge in [0.25, 0.3) is 0 Å². The van der Waals surface area contributed by atoms with Crippen molar-refractivity contribution in [1.29, 1.82) is 5.26 Å². The number of sulfonamides is 1. The van der Waals surface area contributed by atoms with Gasteiger partial charge >= 0.3 is 6.61 Å². The molecule has 30 heavy (non-hydrogen) atoms. The number of alkyl halides is 2. The Hall–Kier alpha value is -3.10. The minimum atomic E-state index is -3.77. The minimum Gasteiger partial charge on any atom is -0.435 e. The quantitative estimate of drug-likeness (QED) is 0.610. The van der Waals surface area contributed by atoms with Crippen LogP contribution in [0.1, 0.15) is 26.3 Å². The number of aryl methyl sites for hydroxylation is 1. The first kappa shape index (κ1) is 21.6. The van der Waals surface area contributed by atoms with E-state index >= 15 is 0 Å². The Kier molecular flexibility index (Phi) is 6.00. The standard InChI is InChI=1S/C19H19F2N5O3S/c1-4-26-16-6-5-12(29-19(20)21)7-14(16)15(8-22)17(26)18-23-9-13(10-24-18)30(27,28)25-11(2)3/h5-7,9-11,19,25H,4H2,1-3H3. The van der Waals surface area contributed by atoms with Crippen molar-refractivity contribution in [2.24, 2.45) is 0 Å². The Morgan fingerprint density at radius 1 is 1.27 bits per heavy atom. The summed E-state index contributed by atoms with van der Waals surface area (Å²) < 4.78 is 58.3. The highest BCUT2D eigenvalue weighted by Gasteiger charge is 2.22. The molecule has 3 aromatic rings. The molecule has 0 aliphatic rings. The molecule has 0 atom stereocenters. The SMILES string of the molecule is CCn1c(-c2ncc(S(=O)(=O)NC(C)C)cn2)c(C#N)c2cc(OC(F)F)ccc21. The first-order chi connectivity index (χ1) is 14.2. The molecule has 0 aliphatic heterocycles. The fraction of sp³-hybridized carbons (Fsp3) is 0.316. The number of ether oxygens (including phenoxy) is 1. The Balaban J connectivity index is 2.14. The molecule has 11 heteroatoms.